The van der Waals surface area contributed by atoms with Crippen LogP contribution in [0.5, 0.6) is 0 Å². The zero-order valence-corrected chi connectivity index (χ0v) is 17.8. The van der Waals surface area contributed by atoms with Gasteiger partial charge in [-0.15, -0.1) is 5.10 Å². The highest BCUT2D eigenvalue weighted by Gasteiger charge is 2.38. The maximum absolute atomic E-state index is 13.7. The van der Waals surface area contributed by atoms with Crippen LogP contribution >= 0.6 is 0 Å². The van der Waals surface area contributed by atoms with Gasteiger partial charge < -0.3 is 0 Å². The minimum absolute atomic E-state index is 0.0440. The van der Waals surface area contributed by atoms with Crippen LogP contribution < -0.4 is 5.69 Å². The molecule has 1 aromatic carbocycles. The third kappa shape index (κ3) is 3.35. The highest BCUT2D eigenvalue weighted by Crippen LogP contribution is 2.43. The molecule has 0 spiro atoms. The molecule has 0 radical (unpaired) electrons. The lowest BCUT2D eigenvalue weighted by molar-refractivity contribution is 0.232. The summed E-state index contributed by atoms with van der Waals surface area (Å²) in [6.07, 6.45) is 5.91. The molecule has 4 aromatic rings. The third-order valence-electron chi connectivity index (χ3n) is 6.48. The molecule has 1 saturated carbocycles. The van der Waals surface area contributed by atoms with Crippen molar-refractivity contribution in [1.29, 1.82) is 0 Å². The third-order valence-corrected chi connectivity index (χ3v) is 6.48. The summed E-state index contributed by atoms with van der Waals surface area (Å²) in [6, 6.07) is 4.83. The normalized spacial score (nSPS) is 21.7. The van der Waals surface area contributed by atoms with Crippen molar-refractivity contribution in [3.8, 4) is 5.95 Å². The Balaban J connectivity index is 1.22. The Hall–Kier alpha value is -3.76. The number of hydrogen-bond acceptors (Lipinski definition) is 6. The summed E-state index contributed by atoms with van der Waals surface area (Å²) in [7, 11) is 0. The fourth-order valence-electron chi connectivity index (χ4n) is 4.81. The van der Waals surface area contributed by atoms with Crippen LogP contribution in [0.4, 0.5) is 8.78 Å². The summed E-state index contributed by atoms with van der Waals surface area (Å²) in [6.45, 7) is 1.80. The number of aromatic nitrogens is 8. The van der Waals surface area contributed by atoms with E-state index in [1.807, 2.05) is 6.07 Å². The lowest BCUT2D eigenvalue weighted by atomic mass is 9.78. The molecular weight excluding hydrogens is 430 g/mol. The quantitative estimate of drug-likeness (QED) is 0.474. The first-order valence-corrected chi connectivity index (χ1v) is 10.8. The molecule has 1 atom stereocenters. The number of aryl methyl sites for hydroxylation is 2. The monoisotopic (exact) mass is 450 g/mol. The summed E-state index contributed by atoms with van der Waals surface area (Å²) in [5.41, 5.74) is 1.11. The zero-order chi connectivity index (χ0) is 22.7. The molecule has 9 nitrogen and oxygen atoms in total. The van der Waals surface area contributed by atoms with Gasteiger partial charge in [0.2, 0.25) is 0 Å². The van der Waals surface area contributed by atoms with E-state index in [1.165, 1.54) is 21.5 Å². The van der Waals surface area contributed by atoms with E-state index < -0.39 is 17.7 Å². The molecule has 0 saturated heterocycles. The average Bonchev–Trinajstić information content (AvgIpc) is 3.44. The van der Waals surface area contributed by atoms with Crippen LogP contribution in [-0.2, 0) is 6.42 Å². The first-order valence-electron chi connectivity index (χ1n) is 10.8. The topological polar surface area (TPSA) is 96.3 Å². The van der Waals surface area contributed by atoms with Gasteiger partial charge in [-0.3, -0.25) is 4.57 Å². The number of nitrogens with zero attached hydrogens (tertiary/aromatic N) is 8. The van der Waals surface area contributed by atoms with Crippen molar-refractivity contribution in [3.63, 3.8) is 0 Å². The highest BCUT2D eigenvalue weighted by atomic mass is 19.1. The van der Waals surface area contributed by atoms with Gasteiger partial charge in [0.05, 0.1) is 12.1 Å². The van der Waals surface area contributed by atoms with Gasteiger partial charge in [-0.1, -0.05) is 0 Å². The molecule has 4 heterocycles. The van der Waals surface area contributed by atoms with Crippen molar-refractivity contribution >= 4 is 0 Å². The van der Waals surface area contributed by atoms with Crippen molar-refractivity contribution in [3.05, 3.63) is 81.8 Å². The largest absolute Gasteiger partial charge is 0.346 e. The Bertz CT molecular complexity index is 1400. The maximum atomic E-state index is 13.7. The number of rotatable bonds is 4. The first-order chi connectivity index (χ1) is 16.0. The van der Waals surface area contributed by atoms with Crippen LogP contribution in [0.15, 0.2) is 41.6 Å². The molecule has 33 heavy (non-hydrogen) atoms. The Labute approximate surface area is 186 Å². The van der Waals surface area contributed by atoms with Gasteiger partial charge in [0, 0.05) is 30.3 Å². The summed E-state index contributed by atoms with van der Waals surface area (Å²) in [5, 5.41) is 8.80. The van der Waals surface area contributed by atoms with Crippen LogP contribution in [0.2, 0.25) is 0 Å². The SMILES string of the molecule is Cc1ncn(-c2nccc(C3CC(n4nc5n(c4=O)[C@H](c4cc(F)cc(F)c4)CC5)C3)n2)n1. The minimum Gasteiger partial charge on any atom is -0.271 e. The van der Waals surface area contributed by atoms with E-state index >= 15 is 0 Å². The second-order valence-electron chi connectivity index (χ2n) is 8.61. The predicted molar refractivity (Wildman–Crippen MR) is 112 cm³/mol. The molecule has 0 bridgehead atoms. The van der Waals surface area contributed by atoms with Gasteiger partial charge >= 0.3 is 5.69 Å². The average molecular weight is 450 g/mol. The van der Waals surface area contributed by atoms with Gasteiger partial charge in [0.1, 0.15) is 29.6 Å². The van der Waals surface area contributed by atoms with Gasteiger partial charge in [0.25, 0.3) is 5.95 Å². The standard InChI is InChI=1S/C22H20F2N8O/c1-12-26-11-30(28-12)21-25-5-4-18(27-21)13-8-17(9-13)32-22(33)31-19(2-3-20(31)29-32)14-6-15(23)10-16(24)7-14/h4-7,10-11,13,17,19H,2-3,8-9H2,1H3/t13?,17?,19-/m0/s1. The van der Waals surface area contributed by atoms with E-state index in [1.54, 1.807) is 24.0 Å². The molecule has 1 aliphatic carbocycles. The second kappa shape index (κ2) is 7.39. The smallest absolute Gasteiger partial charge is 0.271 e. The van der Waals surface area contributed by atoms with Crippen molar-refractivity contribution in [1.82, 2.24) is 39.1 Å². The number of hydrogen-bond donors (Lipinski definition) is 0. The summed E-state index contributed by atoms with van der Waals surface area (Å²) >= 11 is 0. The molecule has 1 fully saturated rings. The fourth-order valence-corrected chi connectivity index (χ4v) is 4.81. The molecule has 6 rings (SSSR count). The molecular formula is C22H20F2N8O. The van der Waals surface area contributed by atoms with Crippen molar-refractivity contribution < 1.29 is 8.78 Å². The van der Waals surface area contributed by atoms with E-state index in [-0.39, 0.29) is 17.6 Å². The van der Waals surface area contributed by atoms with Crippen LogP contribution in [0.3, 0.4) is 0 Å². The van der Waals surface area contributed by atoms with Gasteiger partial charge in [-0.2, -0.15) is 9.78 Å². The van der Waals surface area contributed by atoms with E-state index in [2.05, 4.69) is 25.1 Å². The van der Waals surface area contributed by atoms with Crippen molar-refractivity contribution in [2.45, 2.75) is 50.6 Å². The summed E-state index contributed by atoms with van der Waals surface area (Å²) in [5.74, 6) is 0.637. The highest BCUT2D eigenvalue weighted by molar-refractivity contribution is 5.25. The summed E-state index contributed by atoms with van der Waals surface area (Å²) in [4.78, 5) is 26.1. The molecule has 2 aliphatic rings. The zero-order valence-electron chi connectivity index (χ0n) is 17.8. The van der Waals surface area contributed by atoms with Gasteiger partial charge in [-0.25, -0.2) is 33.2 Å². The van der Waals surface area contributed by atoms with E-state index in [0.717, 1.165) is 24.6 Å². The molecule has 3 aromatic heterocycles. The Kier molecular flexibility index (Phi) is 4.46. The summed E-state index contributed by atoms with van der Waals surface area (Å²) < 4.78 is 32.1. The maximum Gasteiger partial charge on any atom is 0.346 e. The fraction of sp³-hybridized carbons (Fsp3) is 0.364. The van der Waals surface area contributed by atoms with Crippen LogP contribution in [0, 0.1) is 18.6 Å². The predicted octanol–water partition coefficient (Wildman–Crippen LogP) is 2.66. The van der Waals surface area contributed by atoms with Gasteiger partial charge in [-0.05, 0) is 49.9 Å². The Morgan fingerprint density at radius 3 is 2.58 bits per heavy atom. The van der Waals surface area contributed by atoms with E-state index in [9.17, 15) is 13.6 Å². The first kappa shape index (κ1) is 19.9. The van der Waals surface area contributed by atoms with Crippen LogP contribution in [0.1, 0.15) is 60.2 Å². The number of halogens is 2. The lowest BCUT2D eigenvalue weighted by Gasteiger charge is -2.34. The van der Waals surface area contributed by atoms with Crippen LogP contribution in [-0.4, -0.2) is 39.1 Å². The molecule has 11 heteroatoms. The van der Waals surface area contributed by atoms with Crippen LogP contribution in [0.25, 0.3) is 5.95 Å². The molecule has 168 valence electrons. The molecule has 1 aliphatic heterocycles. The molecule has 0 amide bonds. The second-order valence-corrected chi connectivity index (χ2v) is 8.61. The molecule has 0 N–H and O–H groups in total. The van der Waals surface area contributed by atoms with E-state index in [4.69, 9.17) is 0 Å². The number of benzene rings is 1. The minimum atomic E-state index is -0.647. The lowest BCUT2D eigenvalue weighted by Crippen LogP contribution is -2.36. The molecule has 0 unspecified atom stereocenters. The van der Waals surface area contributed by atoms with Crippen molar-refractivity contribution in [2.24, 2.45) is 0 Å². The number of fused-ring (bicyclic) bond motifs is 1. The van der Waals surface area contributed by atoms with E-state index in [0.29, 0.717) is 36.0 Å². The Morgan fingerprint density at radius 2 is 1.85 bits per heavy atom. The van der Waals surface area contributed by atoms with Crippen molar-refractivity contribution in [2.75, 3.05) is 0 Å². The Morgan fingerprint density at radius 1 is 1.06 bits per heavy atom. The van der Waals surface area contributed by atoms with Gasteiger partial charge in [0.15, 0.2) is 0 Å².